The van der Waals surface area contributed by atoms with Crippen molar-refractivity contribution in [2.24, 2.45) is 0 Å². The van der Waals surface area contributed by atoms with Gasteiger partial charge in [0.1, 0.15) is 11.6 Å². The summed E-state index contributed by atoms with van der Waals surface area (Å²) in [5.74, 6) is 1.40. The smallest absolute Gasteiger partial charge is 0.257 e. The van der Waals surface area contributed by atoms with Gasteiger partial charge in [0.2, 0.25) is 0 Å². The number of nitrogens with one attached hydrogen (secondary N) is 1. The standard InChI is InChI=1S/C21H28N4O3/c1-24-11-13-25(14-12-24)21(26)18-8-9-19(23-20(18)22-10-15-27-2)16-4-6-17(28-3)7-5-16/h4-9H,10-15H2,1-3H3,(H,22,23). The van der Waals surface area contributed by atoms with Crippen molar-refractivity contribution in [3.05, 3.63) is 42.0 Å². The molecule has 7 nitrogen and oxygen atoms in total. The fraction of sp³-hybridized carbons (Fsp3) is 0.429. The lowest BCUT2D eigenvalue weighted by molar-refractivity contribution is 0.0664. The molecule has 150 valence electrons. The van der Waals surface area contributed by atoms with E-state index >= 15 is 0 Å². The number of nitrogens with zero attached hydrogens (tertiary/aromatic N) is 3. The maximum atomic E-state index is 13.1. The van der Waals surface area contributed by atoms with Crippen LogP contribution in [0.25, 0.3) is 11.3 Å². The fourth-order valence-electron chi connectivity index (χ4n) is 3.14. The highest BCUT2D eigenvalue weighted by Gasteiger charge is 2.23. The van der Waals surface area contributed by atoms with Crippen molar-refractivity contribution in [3.8, 4) is 17.0 Å². The molecule has 2 aromatic rings. The highest BCUT2D eigenvalue weighted by Crippen LogP contribution is 2.25. The molecule has 1 aliphatic rings. The first-order valence-corrected chi connectivity index (χ1v) is 9.48. The minimum absolute atomic E-state index is 0.0156. The molecular weight excluding hydrogens is 356 g/mol. The number of carbonyl (C=O) groups excluding carboxylic acids is 1. The van der Waals surface area contributed by atoms with Crippen LogP contribution in [0, 0.1) is 0 Å². The molecule has 0 unspecified atom stereocenters. The van der Waals surface area contributed by atoms with E-state index < -0.39 is 0 Å². The summed E-state index contributed by atoms with van der Waals surface area (Å²) in [4.78, 5) is 21.9. The van der Waals surface area contributed by atoms with Gasteiger partial charge in [0, 0.05) is 45.4 Å². The number of piperazine rings is 1. The lowest BCUT2D eigenvalue weighted by Crippen LogP contribution is -2.47. The Balaban J connectivity index is 1.86. The lowest BCUT2D eigenvalue weighted by atomic mass is 10.1. The molecule has 1 saturated heterocycles. The predicted molar refractivity (Wildman–Crippen MR) is 110 cm³/mol. The zero-order chi connectivity index (χ0) is 19.9. The topological polar surface area (TPSA) is 66.9 Å². The molecular formula is C21H28N4O3. The van der Waals surface area contributed by atoms with E-state index in [1.807, 2.05) is 41.3 Å². The Morgan fingerprint density at radius 2 is 1.79 bits per heavy atom. The van der Waals surface area contributed by atoms with E-state index in [1.165, 1.54) is 0 Å². The number of amides is 1. The third-order valence-electron chi connectivity index (χ3n) is 4.90. The lowest BCUT2D eigenvalue weighted by Gasteiger charge is -2.32. The number of carbonyl (C=O) groups is 1. The molecule has 1 amide bonds. The number of benzene rings is 1. The highest BCUT2D eigenvalue weighted by atomic mass is 16.5. The molecule has 0 saturated carbocycles. The number of ether oxygens (including phenoxy) is 2. The molecule has 1 N–H and O–H groups in total. The first-order valence-electron chi connectivity index (χ1n) is 9.48. The van der Waals surface area contributed by atoms with E-state index in [9.17, 15) is 4.79 Å². The van der Waals surface area contributed by atoms with E-state index in [2.05, 4.69) is 17.3 Å². The second-order valence-electron chi connectivity index (χ2n) is 6.84. The van der Waals surface area contributed by atoms with Crippen molar-refractivity contribution in [2.75, 3.05) is 65.9 Å². The van der Waals surface area contributed by atoms with Crippen LogP contribution in [0.4, 0.5) is 5.82 Å². The maximum absolute atomic E-state index is 13.1. The Morgan fingerprint density at radius 1 is 1.07 bits per heavy atom. The van der Waals surface area contributed by atoms with Gasteiger partial charge in [-0.25, -0.2) is 4.98 Å². The van der Waals surface area contributed by atoms with Gasteiger partial charge >= 0.3 is 0 Å². The number of rotatable bonds is 7. The number of hydrogen-bond acceptors (Lipinski definition) is 6. The van der Waals surface area contributed by atoms with Gasteiger partial charge < -0.3 is 24.6 Å². The van der Waals surface area contributed by atoms with E-state index in [4.69, 9.17) is 14.5 Å². The molecule has 0 atom stereocenters. The molecule has 1 aromatic carbocycles. The van der Waals surface area contributed by atoms with Gasteiger partial charge in [-0.2, -0.15) is 0 Å². The zero-order valence-corrected chi connectivity index (χ0v) is 16.8. The first kappa shape index (κ1) is 20.1. The van der Waals surface area contributed by atoms with Crippen molar-refractivity contribution in [2.45, 2.75) is 0 Å². The van der Waals surface area contributed by atoms with Gasteiger partial charge in [0.15, 0.2) is 0 Å². The highest BCUT2D eigenvalue weighted by molar-refractivity contribution is 5.99. The molecule has 3 rings (SSSR count). The number of methoxy groups -OCH3 is 2. The Labute approximate surface area is 166 Å². The quantitative estimate of drug-likeness (QED) is 0.739. The molecule has 0 bridgehead atoms. The Kier molecular flexibility index (Phi) is 6.84. The van der Waals surface area contributed by atoms with E-state index in [0.717, 1.165) is 43.2 Å². The van der Waals surface area contributed by atoms with Gasteiger partial charge in [-0.1, -0.05) is 0 Å². The van der Waals surface area contributed by atoms with Crippen LogP contribution in [0.2, 0.25) is 0 Å². The largest absolute Gasteiger partial charge is 0.497 e. The molecule has 0 spiro atoms. The monoisotopic (exact) mass is 384 g/mol. The normalized spacial score (nSPS) is 14.8. The van der Waals surface area contributed by atoms with Crippen molar-refractivity contribution in [1.82, 2.24) is 14.8 Å². The molecule has 2 heterocycles. The van der Waals surface area contributed by atoms with Gasteiger partial charge in [-0.3, -0.25) is 4.79 Å². The van der Waals surface area contributed by atoms with Gasteiger partial charge in [0.05, 0.1) is 25.0 Å². The zero-order valence-electron chi connectivity index (χ0n) is 16.8. The van der Waals surface area contributed by atoms with Crippen molar-refractivity contribution in [3.63, 3.8) is 0 Å². The molecule has 1 aromatic heterocycles. The summed E-state index contributed by atoms with van der Waals surface area (Å²) in [6, 6.07) is 11.5. The summed E-state index contributed by atoms with van der Waals surface area (Å²) < 4.78 is 10.3. The summed E-state index contributed by atoms with van der Waals surface area (Å²) in [7, 11) is 5.37. The van der Waals surface area contributed by atoms with Crippen molar-refractivity contribution in [1.29, 1.82) is 0 Å². The van der Waals surface area contributed by atoms with Crippen LogP contribution in [-0.2, 0) is 4.74 Å². The minimum Gasteiger partial charge on any atom is -0.497 e. The summed E-state index contributed by atoms with van der Waals surface area (Å²) >= 11 is 0. The summed E-state index contributed by atoms with van der Waals surface area (Å²) in [6.45, 7) is 4.35. The van der Waals surface area contributed by atoms with Crippen LogP contribution in [-0.4, -0.2) is 81.3 Å². The molecule has 7 heteroatoms. The average molecular weight is 384 g/mol. The number of pyridine rings is 1. The number of anilines is 1. The molecule has 0 aliphatic carbocycles. The van der Waals surface area contributed by atoms with Crippen LogP contribution < -0.4 is 10.1 Å². The summed E-state index contributed by atoms with van der Waals surface area (Å²) in [5, 5.41) is 3.26. The van der Waals surface area contributed by atoms with E-state index in [-0.39, 0.29) is 5.91 Å². The van der Waals surface area contributed by atoms with Gasteiger partial charge in [0.25, 0.3) is 5.91 Å². The second-order valence-corrected chi connectivity index (χ2v) is 6.84. The second kappa shape index (κ2) is 9.52. The molecule has 28 heavy (non-hydrogen) atoms. The molecule has 1 aliphatic heterocycles. The van der Waals surface area contributed by atoms with Gasteiger partial charge in [-0.05, 0) is 43.4 Å². The van der Waals surface area contributed by atoms with E-state index in [1.54, 1.807) is 14.2 Å². The fourth-order valence-corrected chi connectivity index (χ4v) is 3.14. The summed E-state index contributed by atoms with van der Waals surface area (Å²) in [5.41, 5.74) is 2.37. The average Bonchev–Trinajstić information content (AvgIpc) is 2.74. The maximum Gasteiger partial charge on any atom is 0.257 e. The number of likely N-dealkylation sites (N-methyl/N-ethyl adjacent to an activating group) is 1. The minimum atomic E-state index is 0.0156. The van der Waals surface area contributed by atoms with Gasteiger partial charge in [-0.15, -0.1) is 0 Å². The first-order chi connectivity index (χ1) is 13.6. The molecule has 0 radical (unpaired) electrons. The van der Waals surface area contributed by atoms with Crippen molar-refractivity contribution >= 4 is 11.7 Å². The third kappa shape index (κ3) is 4.79. The Bertz CT molecular complexity index is 787. The Morgan fingerprint density at radius 3 is 2.43 bits per heavy atom. The van der Waals surface area contributed by atoms with Crippen LogP contribution in [0.5, 0.6) is 5.75 Å². The van der Waals surface area contributed by atoms with Crippen LogP contribution in [0.15, 0.2) is 36.4 Å². The predicted octanol–water partition coefficient (Wildman–Crippen LogP) is 2.20. The van der Waals surface area contributed by atoms with Crippen LogP contribution >= 0.6 is 0 Å². The van der Waals surface area contributed by atoms with Crippen molar-refractivity contribution < 1.29 is 14.3 Å². The van der Waals surface area contributed by atoms with Crippen LogP contribution in [0.1, 0.15) is 10.4 Å². The Hall–Kier alpha value is -2.64. The number of aromatic nitrogens is 1. The summed E-state index contributed by atoms with van der Waals surface area (Å²) in [6.07, 6.45) is 0. The third-order valence-corrected chi connectivity index (χ3v) is 4.90. The molecule has 1 fully saturated rings. The van der Waals surface area contributed by atoms with Crippen LogP contribution in [0.3, 0.4) is 0 Å². The van der Waals surface area contributed by atoms with E-state index in [0.29, 0.717) is 24.5 Å². The SMILES string of the molecule is COCCNc1nc(-c2ccc(OC)cc2)ccc1C(=O)N1CCN(C)CC1. The number of hydrogen-bond donors (Lipinski definition) is 1.